The number of benzene rings is 1. The highest BCUT2D eigenvalue weighted by Crippen LogP contribution is 2.32. The topological polar surface area (TPSA) is 49.9 Å². The van der Waals surface area contributed by atoms with E-state index in [0.717, 1.165) is 39.0 Å². The zero-order chi connectivity index (χ0) is 19.5. The number of hydrogen-bond donors (Lipinski definition) is 0. The summed E-state index contributed by atoms with van der Waals surface area (Å²) in [6.45, 7) is 3.92. The van der Waals surface area contributed by atoms with Crippen molar-refractivity contribution in [3.63, 3.8) is 0 Å². The van der Waals surface area contributed by atoms with Gasteiger partial charge in [-0.3, -0.25) is 9.69 Å². The van der Waals surface area contributed by atoms with Crippen LogP contribution in [0.5, 0.6) is 0 Å². The normalized spacial score (nSPS) is 22.5. The number of carbonyl (C=O) groups is 2. The number of thiophene rings is 1. The minimum Gasteiger partial charge on any atom is -0.465 e. The van der Waals surface area contributed by atoms with Crippen LogP contribution in [-0.4, -0.2) is 54.5 Å². The lowest BCUT2D eigenvalue weighted by Gasteiger charge is -2.47. The Labute approximate surface area is 169 Å². The van der Waals surface area contributed by atoms with E-state index in [1.807, 2.05) is 0 Å². The molecule has 1 aromatic carbocycles. The van der Waals surface area contributed by atoms with Crippen molar-refractivity contribution in [2.24, 2.45) is 5.92 Å². The van der Waals surface area contributed by atoms with Crippen molar-refractivity contribution in [2.45, 2.75) is 31.8 Å². The lowest BCUT2D eigenvalue weighted by molar-refractivity contribution is 0.0184. The first-order valence-corrected chi connectivity index (χ1v) is 10.8. The number of fused-ring (bicyclic) bond motifs is 1. The molecule has 0 N–H and O–H groups in total. The maximum Gasteiger partial charge on any atom is 0.337 e. The molecule has 2 fully saturated rings. The molecule has 3 heterocycles. The number of carbonyl (C=O) groups excluding carboxylic acids is 2. The van der Waals surface area contributed by atoms with E-state index >= 15 is 0 Å². The Bertz CT molecular complexity index is 819. The number of hydrogen-bond acceptors (Lipinski definition) is 5. The van der Waals surface area contributed by atoms with Crippen molar-refractivity contribution in [1.29, 1.82) is 0 Å². The molecule has 2 saturated heterocycles. The molecule has 28 heavy (non-hydrogen) atoms. The summed E-state index contributed by atoms with van der Waals surface area (Å²) in [7, 11) is 1.36. The second kappa shape index (κ2) is 8.45. The van der Waals surface area contributed by atoms with Crippen molar-refractivity contribution >= 4 is 23.2 Å². The molecule has 0 radical (unpaired) electrons. The van der Waals surface area contributed by atoms with Gasteiger partial charge < -0.3 is 9.64 Å². The zero-order valence-corrected chi connectivity index (χ0v) is 17.0. The maximum absolute atomic E-state index is 13.1. The summed E-state index contributed by atoms with van der Waals surface area (Å²) < 4.78 is 4.73. The van der Waals surface area contributed by atoms with E-state index in [1.54, 1.807) is 35.6 Å². The Kier molecular flexibility index (Phi) is 5.78. The monoisotopic (exact) mass is 398 g/mol. The number of piperidine rings is 2. The van der Waals surface area contributed by atoms with E-state index in [-0.39, 0.29) is 11.9 Å². The maximum atomic E-state index is 13.1. The molecule has 0 bridgehead atoms. The molecule has 1 aromatic heterocycles. The number of nitrogens with zero attached hydrogens (tertiary/aromatic N) is 2. The zero-order valence-electron chi connectivity index (χ0n) is 16.2. The highest BCUT2D eigenvalue weighted by atomic mass is 32.1. The Morgan fingerprint density at radius 2 is 1.89 bits per heavy atom. The number of methoxy groups -OCH3 is 1. The smallest absolute Gasteiger partial charge is 0.337 e. The molecular formula is C22H26N2O3S. The minimum atomic E-state index is -0.380. The lowest BCUT2D eigenvalue weighted by atomic mass is 9.83. The van der Waals surface area contributed by atoms with Gasteiger partial charge in [0.05, 0.1) is 12.7 Å². The Morgan fingerprint density at radius 1 is 1.11 bits per heavy atom. The highest BCUT2D eigenvalue weighted by Gasteiger charge is 2.38. The van der Waals surface area contributed by atoms with Gasteiger partial charge in [-0.1, -0.05) is 0 Å². The molecule has 2 atom stereocenters. The van der Waals surface area contributed by atoms with Crippen LogP contribution in [0.1, 0.15) is 45.5 Å². The summed E-state index contributed by atoms with van der Waals surface area (Å²) in [6.07, 6.45) is 3.27. The molecule has 148 valence electrons. The molecular weight excluding hydrogens is 372 g/mol. The third-order valence-electron chi connectivity index (χ3n) is 5.95. The van der Waals surface area contributed by atoms with Gasteiger partial charge in [-0.05, 0) is 71.8 Å². The van der Waals surface area contributed by atoms with Crippen molar-refractivity contribution < 1.29 is 14.3 Å². The number of esters is 1. The molecule has 2 aromatic rings. The molecule has 1 amide bonds. The second-order valence-corrected chi connectivity index (χ2v) is 8.47. The first-order chi connectivity index (χ1) is 13.7. The van der Waals surface area contributed by atoms with Crippen molar-refractivity contribution in [3.8, 4) is 0 Å². The summed E-state index contributed by atoms with van der Waals surface area (Å²) >= 11 is 1.75. The standard InChI is InChI=1S/C22H26N2O3S/c1-27-22(26)18-6-4-17(5-7-18)21(25)24-10-2-3-19-14-23(11-8-20(19)24)13-16-9-12-28-15-16/h4-7,9,12,15,19-20H,2-3,8,10-11,13-14H2,1H3/t19-,20-/m1/s1. The quantitative estimate of drug-likeness (QED) is 0.738. The van der Waals surface area contributed by atoms with Crippen molar-refractivity contribution in [2.75, 3.05) is 26.7 Å². The van der Waals surface area contributed by atoms with Gasteiger partial charge in [0.25, 0.3) is 5.91 Å². The SMILES string of the molecule is COC(=O)c1ccc(C(=O)N2CCC[C@@H]3CN(Cc4ccsc4)CC[C@H]32)cc1. The van der Waals surface area contributed by atoms with E-state index in [1.165, 1.54) is 19.1 Å². The fourth-order valence-corrected chi connectivity index (χ4v) is 5.21. The number of likely N-dealkylation sites (tertiary alicyclic amines) is 2. The largest absolute Gasteiger partial charge is 0.465 e. The molecule has 2 aliphatic rings. The van der Waals surface area contributed by atoms with Gasteiger partial charge in [0.1, 0.15) is 0 Å². The Hall–Kier alpha value is -2.18. The molecule has 0 unspecified atom stereocenters. The second-order valence-electron chi connectivity index (χ2n) is 7.69. The predicted octanol–water partition coefficient (Wildman–Crippen LogP) is 3.66. The van der Waals surface area contributed by atoms with E-state index < -0.39 is 0 Å². The summed E-state index contributed by atoms with van der Waals surface area (Å²) in [5.41, 5.74) is 2.50. The predicted molar refractivity (Wildman–Crippen MR) is 110 cm³/mol. The van der Waals surface area contributed by atoms with Crippen LogP contribution < -0.4 is 0 Å². The van der Waals surface area contributed by atoms with Crippen LogP contribution in [0, 0.1) is 5.92 Å². The molecule has 2 aliphatic heterocycles. The van der Waals surface area contributed by atoms with E-state index in [0.29, 0.717) is 23.1 Å². The van der Waals surface area contributed by atoms with Crippen molar-refractivity contribution in [1.82, 2.24) is 9.80 Å². The van der Waals surface area contributed by atoms with Crippen LogP contribution >= 0.6 is 11.3 Å². The first-order valence-electron chi connectivity index (χ1n) is 9.88. The van der Waals surface area contributed by atoms with Crippen molar-refractivity contribution in [3.05, 3.63) is 57.8 Å². The van der Waals surface area contributed by atoms with Crippen LogP contribution in [0.3, 0.4) is 0 Å². The Morgan fingerprint density at radius 3 is 2.61 bits per heavy atom. The molecule has 0 spiro atoms. The average molecular weight is 399 g/mol. The van der Waals surface area contributed by atoms with Crippen LogP contribution in [0.25, 0.3) is 0 Å². The summed E-state index contributed by atoms with van der Waals surface area (Å²) in [6, 6.07) is 9.34. The molecule has 6 heteroatoms. The fraction of sp³-hybridized carbons (Fsp3) is 0.455. The number of amides is 1. The fourth-order valence-electron chi connectivity index (χ4n) is 4.55. The van der Waals surface area contributed by atoms with Gasteiger partial charge in [0.15, 0.2) is 0 Å². The van der Waals surface area contributed by atoms with E-state index in [4.69, 9.17) is 4.74 Å². The van der Waals surface area contributed by atoms with Gasteiger partial charge in [-0.2, -0.15) is 11.3 Å². The highest BCUT2D eigenvalue weighted by molar-refractivity contribution is 7.07. The van der Waals surface area contributed by atoms with Crippen LogP contribution in [0.15, 0.2) is 41.1 Å². The molecule has 5 nitrogen and oxygen atoms in total. The van der Waals surface area contributed by atoms with Gasteiger partial charge in [-0.15, -0.1) is 0 Å². The third kappa shape index (κ3) is 3.98. The van der Waals surface area contributed by atoms with E-state index in [2.05, 4.69) is 26.6 Å². The minimum absolute atomic E-state index is 0.0809. The average Bonchev–Trinajstić information content (AvgIpc) is 3.25. The van der Waals surface area contributed by atoms with Gasteiger partial charge in [0.2, 0.25) is 0 Å². The third-order valence-corrected chi connectivity index (χ3v) is 6.68. The first kappa shape index (κ1) is 19.2. The molecule has 4 rings (SSSR count). The summed E-state index contributed by atoms with van der Waals surface area (Å²) in [5.74, 6) is 0.242. The number of ether oxygens (including phenoxy) is 1. The molecule has 0 aliphatic carbocycles. The summed E-state index contributed by atoms with van der Waals surface area (Å²) in [4.78, 5) is 29.4. The van der Waals surface area contributed by atoms with Crippen LogP contribution in [-0.2, 0) is 11.3 Å². The van der Waals surface area contributed by atoms with Gasteiger partial charge in [-0.25, -0.2) is 4.79 Å². The lowest BCUT2D eigenvalue weighted by Crippen LogP contribution is -2.55. The number of rotatable bonds is 4. The van der Waals surface area contributed by atoms with Gasteiger partial charge in [0, 0.05) is 37.8 Å². The van der Waals surface area contributed by atoms with Crippen LogP contribution in [0.2, 0.25) is 0 Å². The molecule has 0 saturated carbocycles. The summed E-state index contributed by atoms with van der Waals surface area (Å²) in [5, 5.41) is 4.36. The van der Waals surface area contributed by atoms with Crippen LogP contribution in [0.4, 0.5) is 0 Å². The van der Waals surface area contributed by atoms with Gasteiger partial charge >= 0.3 is 5.97 Å². The van der Waals surface area contributed by atoms with E-state index in [9.17, 15) is 9.59 Å². The Balaban J connectivity index is 1.42.